The van der Waals surface area contributed by atoms with Gasteiger partial charge >= 0.3 is 23.3 Å². The van der Waals surface area contributed by atoms with Gasteiger partial charge in [-0.2, -0.15) is 39.5 Å². The third-order valence-corrected chi connectivity index (χ3v) is 5.14. The molecule has 0 amide bonds. The molecule has 0 N–H and O–H groups in total. The van der Waals surface area contributed by atoms with E-state index in [0.29, 0.717) is 0 Å². The zero-order valence-electron chi connectivity index (χ0n) is 10.9. The Morgan fingerprint density at radius 1 is 0.826 bits per heavy atom. The third kappa shape index (κ3) is 2.52. The van der Waals surface area contributed by atoms with E-state index in [0.717, 1.165) is 6.92 Å². The van der Waals surface area contributed by atoms with Crippen LogP contribution in [0.1, 0.15) is 19.8 Å². The summed E-state index contributed by atoms with van der Waals surface area (Å²) >= 11 is 0. The molecule has 13 heteroatoms. The SMILES string of the molecule is CC1=C(S(=O)(=O)C(F)(F)C(F)(F)C(F)(F)C(F)(F)F)C(=O)CC1. The van der Waals surface area contributed by atoms with Crippen molar-refractivity contribution in [1.82, 2.24) is 0 Å². The van der Waals surface area contributed by atoms with Crippen molar-refractivity contribution in [3.8, 4) is 0 Å². The van der Waals surface area contributed by atoms with Gasteiger partial charge in [0, 0.05) is 6.42 Å². The molecule has 0 radical (unpaired) electrons. The lowest BCUT2D eigenvalue weighted by Crippen LogP contribution is -2.63. The summed E-state index contributed by atoms with van der Waals surface area (Å²) < 4.78 is 137. The molecule has 0 unspecified atom stereocenters. The van der Waals surface area contributed by atoms with E-state index in [-0.39, 0.29) is 0 Å². The van der Waals surface area contributed by atoms with Gasteiger partial charge in [0.1, 0.15) is 4.91 Å². The van der Waals surface area contributed by atoms with Crippen LogP contribution in [0.2, 0.25) is 0 Å². The quantitative estimate of drug-likeness (QED) is 0.704. The summed E-state index contributed by atoms with van der Waals surface area (Å²) in [7, 11) is -6.77. The molecule has 1 rings (SSSR count). The number of halogens is 9. The second-order valence-corrected chi connectivity index (χ2v) is 6.63. The number of sulfone groups is 1. The van der Waals surface area contributed by atoms with E-state index in [2.05, 4.69) is 0 Å². The first kappa shape index (κ1) is 19.8. The zero-order valence-corrected chi connectivity index (χ0v) is 11.8. The molecule has 0 saturated carbocycles. The van der Waals surface area contributed by atoms with E-state index in [4.69, 9.17) is 0 Å². The molecule has 1 aliphatic rings. The fraction of sp³-hybridized carbons (Fsp3) is 0.700. The Morgan fingerprint density at radius 2 is 1.26 bits per heavy atom. The van der Waals surface area contributed by atoms with Crippen LogP contribution in [0.25, 0.3) is 0 Å². The summed E-state index contributed by atoms with van der Waals surface area (Å²) in [5, 5.41) is -6.85. The largest absolute Gasteiger partial charge is 0.460 e. The van der Waals surface area contributed by atoms with Crippen molar-refractivity contribution in [2.24, 2.45) is 0 Å². The number of Topliss-reactive ketones (excluding diaryl/α,β-unsaturated/α-hetero) is 1. The summed E-state index contributed by atoms with van der Waals surface area (Å²) in [6, 6.07) is 0. The molecule has 0 aromatic heterocycles. The van der Waals surface area contributed by atoms with Crippen molar-refractivity contribution in [1.29, 1.82) is 0 Å². The summed E-state index contributed by atoms with van der Waals surface area (Å²) in [5.74, 6) is -16.2. The zero-order chi connectivity index (χ0) is 18.6. The highest BCUT2D eigenvalue weighted by Gasteiger charge is 2.85. The topological polar surface area (TPSA) is 51.2 Å². The number of hydrogen-bond acceptors (Lipinski definition) is 3. The van der Waals surface area contributed by atoms with Gasteiger partial charge in [0.25, 0.3) is 9.84 Å². The normalized spacial score (nSPS) is 18.8. The van der Waals surface area contributed by atoms with Crippen molar-refractivity contribution in [2.75, 3.05) is 0 Å². The third-order valence-electron chi connectivity index (χ3n) is 3.09. The van der Waals surface area contributed by atoms with E-state index < -0.39 is 62.2 Å². The molecule has 0 aromatic carbocycles. The second kappa shape index (κ2) is 5.11. The summed E-state index contributed by atoms with van der Waals surface area (Å²) in [5.41, 5.74) is -0.624. The number of carbonyl (C=O) groups excluding carboxylic acids is 1. The molecule has 0 bridgehead atoms. The minimum atomic E-state index is -7.34. The molecule has 3 nitrogen and oxygen atoms in total. The van der Waals surface area contributed by atoms with E-state index in [9.17, 15) is 52.7 Å². The molecule has 1 aliphatic carbocycles. The van der Waals surface area contributed by atoms with Gasteiger partial charge in [0.2, 0.25) is 0 Å². The van der Waals surface area contributed by atoms with Crippen LogP contribution in [0.4, 0.5) is 39.5 Å². The van der Waals surface area contributed by atoms with Crippen molar-refractivity contribution >= 4 is 15.6 Å². The van der Waals surface area contributed by atoms with E-state index in [1.165, 1.54) is 0 Å². The summed E-state index contributed by atoms with van der Waals surface area (Å²) in [6.07, 6.45) is -8.24. The van der Waals surface area contributed by atoms with Crippen molar-refractivity contribution in [3.05, 3.63) is 10.5 Å². The lowest BCUT2D eigenvalue weighted by atomic mass is 10.1. The molecule has 0 spiro atoms. The average molecular weight is 378 g/mol. The highest BCUT2D eigenvalue weighted by atomic mass is 32.2. The van der Waals surface area contributed by atoms with Crippen LogP contribution in [-0.4, -0.2) is 37.5 Å². The Bertz CT molecular complexity index is 658. The Kier molecular flexibility index (Phi) is 4.40. The van der Waals surface area contributed by atoms with E-state index in [1.807, 2.05) is 0 Å². The lowest BCUT2D eigenvalue weighted by molar-refractivity contribution is -0.382. The van der Waals surface area contributed by atoms with E-state index in [1.54, 1.807) is 0 Å². The Balaban J connectivity index is 3.58. The van der Waals surface area contributed by atoms with Crippen LogP contribution in [0.15, 0.2) is 10.5 Å². The first-order valence-corrected chi connectivity index (χ1v) is 7.09. The van der Waals surface area contributed by atoms with Crippen LogP contribution in [0, 0.1) is 0 Å². The first-order valence-electron chi connectivity index (χ1n) is 5.60. The molecule has 0 fully saturated rings. The van der Waals surface area contributed by atoms with Crippen LogP contribution < -0.4 is 0 Å². The van der Waals surface area contributed by atoms with Crippen LogP contribution in [0.3, 0.4) is 0 Å². The highest BCUT2D eigenvalue weighted by molar-refractivity contribution is 7.97. The molecule has 0 saturated heterocycles. The predicted octanol–water partition coefficient (Wildman–Crippen LogP) is 3.46. The summed E-state index contributed by atoms with van der Waals surface area (Å²) in [6.45, 7) is 0.786. The smallest absolute Gasteiger partial charge is 0.293 e. The van der Waals surface area contributed by atoms with Gasteiger partial charge in [0.05, 0.1) is 0 Å². The molecule has 0 aromatic rings. The van der Waals surface area contributed by atoms with Crippen molar-refractivity contribution < 1.29 is 52.7 Å². The van der Waals surface area contributed by atoms with Gasteiger partial charge in [-0.05, 0) is 13.3 Å². The highest BCUT2D eigenvalue weighted by Crippen LogP contribution is 2.56. The lowest BCUT2D eigenvalue weighted by Gasteiger charge is -2.33. The molecule has 0 aliphatic heterocycles. The first-order chi connectivity index (χ1) is 9.93. The number of hydrogen-bond donors (Lipinski definition) is 0. The van der Waals surface area contributed by atoms with Gasteiger partial charge in [0.15, 0.2) is 5.78 Å². The standard InChI is InChI=1S/C10H7F9O3S/c1-4-2-3-5(20)6(4)23(21,22)10(18,19)8(13,14)7(11,12)9(15,16)17/h2-3H2,1H3. The molecule has 0 heterocycles. The molecule has 134 valence electrons. The maximum absolute atomic E-state index is 13.5. The molecule has 23 heavy (non-hydrogen) atoms. The molecular weight excluding hydrogens is 371 g/mol. The predicted molar refractivity (Wildman–Crippen MR) is 56.8 cm³/mol. The van der Waals surface area contributed by atoms with Gasteiger partial charge in [-0.15, -0.1) is 0 Å². The second-order valence-electron chi connectivity index (χ2n) is 4.70. The fourth-order valence-corrected chi connectivity index (χ4v) is 3.49. The Labute approximate surface area is 123 Å². The monoisotopic (exact) mass is 378 g/mol. The maximum Gasteiger partial charge on any atom is 0.460 e. The molecular formula is C10H7F9O3S. The van der Waals surface area contributed by atoms with Crippen molar-refractivity contribution in [2.45, 2.75) is 43.0 Å². The Morgan fingerprint density at radius 3 is 1.57 bits per heavy atom. The maximum atomic E-state index is 13.5. The van der Waals surface area contributed by atoms with Crippen LogP contribution in [0.5, 0.6) is 0 Å². The van der Waals surface area contributed by atoms with Gasteiger partial charge < -0.3 is 0 Å². The fourth-order valence-electron chi connectivity index (χ4n) is 1.80. The average Bonchev–Trinajstić information content (AvgIpc) is 2.67. The number of ketones is 1. The minimum Gasteiger partial charge on any atom is -0.293 e. The van der Waals surface area contributed by atoms with E-state index >= 15 is 0 Å². The van der Waals surface area contributed by atoms with Crippen molar-refractivity contribution in [3.63, 3.8) is 0 Å². The van der Waals surface area contributed by atoms with Gasteiger partial charge in [-0.1, -0.05) is 5.57 Å². The summed E-state index contributed by atoms with van der Waals surface area (Å²) in [4.78, 5) is 9.37. The number of allylic oxidation sites excluding steroid dienone is 2. The minimum absolute atomic E-state index is 0.426. The van der Waals surface area contributed by atoms with Crippen LogP contribution in [-0.2, 0) is 14.6 Å². The van der Waals surface area contributed by atoms with Crippen LogP contribution >= 0.6 is 0 Å². The van der Waals surface area contributed by atoms with Gasteiger partial charge in [-0.3, -0.25) is 4.79 Å². The van der Waals surface area contributed by atoms with Gasteiger partial charge in [-0.25, -0.2) is 8.42 Å². The molecule has 0 atom stereocenters. The number of rotatable bonds is 4. The number of carbonyl (C=O) groups is 1. The number of alkyl halides is 9. The Hall–Kier alpha value is -1.27.